The molecule has 3 rings (SSSR count). The largest absolute Gasteiger partial charge is 0.490 e. The summed E-state index contributed by atoms with van der Waals surface area (Å²) in [5, 5.41) is 15.1. The van der Waals surface area contributed by atoms with Crippen LogP contribution in [0.5, 0.6) is 5.75 Å². The number of nitrogens with one attached hydrogen (secondary N) is 1. The zero-order chi connectivity index (χ0) is 19.2. The van der Waals surface area contributed by atoms with Gasteiger partial charge in [0.05, 0.1) is 16.5 Å². The highest BCUT2D eigenvalue weighted by Gasteiger charge is 2.28. The van der Waals surface area contributed by atoms with Crippen molar-refractivity contribution in [3.05, 3.63) is 45.7 Å². The van der Waals surface area contributed by atoms with Gasteiger partial charge in [-0.25, -0.2) is 9.97 Å². The zero-order valence-corrected chi connectivity index (χ0v) is 15.7. The second kappa shape index (κ2) is 8.83. The van der Waals surface area contributed by atoms with E-state index < -0.39 is 4.92 Å². The van der Waals surface area contributed by atoms with Crippen molar-refractivity contribution >= 4 is 28.9 Å². The van der Waals surface area contributed by atoms with Gasteiger partial charge in [0.15, 0.2) is 0 Å². The SMILES string of the molecule is CN1CCN(c2ncnc(NCCOc3ccccc3Cl)c2[N+](=O)[O-])CC1. The fourth-order valence-electron chi connectivity index (χ4n) is 2.81. The van der Waals surface area contributed by atoms with Gasteiger partial charge in [-0.05, 0) is 19.2 Å². The van der Waals surface area contributed by atoms with Crippen molar-refractivity contribution in [1.82, 2.24) is 14.9 Å². The maximum atomic E-state index is 11.6. The second-order valence-electron chi connectivity index (χ2n) is 6.15. The Bertz CT molecular complexity index is 798. The lowest BCUT2D eigenvalue weighted by atomic mass is 10.3. The molecule has 0 atom stereocenters. The van der Waals surface area contributed by atoms with E-state index in [1.165, 1.54) is 6.33 Å². The maximum absolute atomic E-state index is 11.6. The van der Waals surface area contributed by atoms with Crippen molar-refractivity contribution in [3.8, 4) is 5.75 Å². The number of aromatic nitrogens is 2. The van der Waals surface area contributed by atoms with Crippen LogP contribution in [0, 0.1) is 10.1 Å². The van der Waals surface area contributed by atoms with Crippen LogP contribution in [0.2, 0.25) is 5.02 Å². The summed E-state index contributed by atoms with van der Waals surface area (Å²) in [6.45, 7) is 3.65. The summed E-state index contributed by atoms with van der Waals surface area (Å²) < 4.78 is 5.59. The van der Waals surface area contributed by atoms with E-state index in [0.29, 0.717) is 36.2 Å². The molecule has 0 amide bonds. The molecular weight excluding hydrogens is 372 g/mol. The van der Waals surface area contributed by atoms with Crippen LogP contribution in [0.25, 0.3) is 0 Å². The number of halogens is 1. The van der Waals surface area contributed by atoms with Crippen LogP contribution in [0.3, 0.4) is 0 Å². The second-order valence-corrected chi connectivity index (χ2v) is 6.55. The first-order chi connectivity index (χ1) is 13.1. The van der Waals surface area contributed by atoms with Gasteiger partial charge in [0, 0.05) is 26.2 Å². The molecule has 0 spiro atoms. The Morgan fingerprint density at radius 1 is 1.26 bits per heavy atom. The normalized spacial score (nSPS) is 14.8. The standard InChI is InChI=1S/C17H21ClN6O3/c1-22-7-9-23(10-8-22)17-15(24(25)26)16(20-12-21-17)19-6-11-27-14-5-3-2-4-13(14)18/h2-5,12H,6-11H2,1H3,(H,19,20,21). The number of anilines is 2. The third kappa shape index (κ3) is 4.75. The molecule has 0 radical (unpaired) electrons. The lowest BCUT2D eigenvalue weighted by molar-refractivity contribution is -0.383. The number of rotatable bonds is 7. The summed E-state index contributed by atoms with van der Waals surface area (Å²) in [5.74, 6) is 1.10. The lowest BCUT2D eigenvalue weighted by Gasteiger charge is -2.32. The minimum Gasteiger partial charge on any atom is -0.490 e. The molecule has 2 heterocycles. The van der Waals surface area contributed by atoms with E-state index in [0.717, 1.165) is 13.1 Å². The number of benzene rings is 1. The summed E-state index contributed by atoms with van der Waals surface area (Å²) in [5.41, 5.74) is -0.111. The highest BCUT2D eigenvalue weighted by atomic mass is 35.5. The average Bonchev–Trinajstić information content (AvgIpc) is 2.66. The van der Waals surface area contributed by atoms with Gasteiger partial charge in [0.25, 0.3) is 0 Å². The highest BCUT2D eigenvalue weighted by Crippen LogP contribution is 2.32. The fourth-order valence-corrected chi connectivity index (χ4v) is 3.00. The molecule has 0 bridgehead atoms. The molecule has 10 heteroatoms. The Balaban J connectivity index is 1.67. The van der Waals surface area contributed by atoms with Gasteiger partial charge in [0.1, 0.15) is 18.7 Å². The van der Waals surface area contributed by atoms with Crippen LogP contribution >= 0.6 is 11.6 Å². The topological polar surface area (TPSA) is 96.7 Å². The van der Waals surface area contributed by atoms with Gasteiger partial charge < -0.3 is 19.9 Å². The van der Waals surface area contributed by atoms with E-state index in [4.69, 9.17) is 16.3 Å². The van der Waals surface area contributed by atoms with Gasteiger partial charge in [-0.3, -0.25) is 10.1 Å². The Morgan fingerprint density at radius 2 is 2.00 bits per heavy atom. The third-order valence-corrected chi connectivity index (χ3v) is 4.59. The first kappa shape index (κ1) is 19.1. The van der Waals surface area contributed by atoms with Gasteiger partial charge in [-0.2, -0.15) is 0 Å². The van der Waals surface area contributed by atoms with Crippen molar-refractivity contribution < 1.29 is 9.66 Å². The number of piperazine rings is 1. The molecule has 1 fully saturated rings. The van der Waals surface area contributed by atoms with E-state index in [1.807, 2.05) is 24.1 Å². The highest BCUT2D eigenvalue weighted by molar-refractivity contribution is 6.32. The number of nitro groups is 1. The predicted molar refractivity (Wildman–Crippen MR) is 104 cm³/mol. The predicted octanol–water partition coefficient (Wildman–Crippen LogP) is 2.28. The van der Waals surface area contributed by atoms with Gasteiger partial charge in [-0.15, -0.1) is 0 Å². The Labute approximate surface area is 162 Å². The molecule has 1 saturated heterocycles. The minimum atomic E-state index is -0.440. The molecular formula is C17H21ClN6O3. The van der Waals surface area contributed by atoms with Gasteiger partial charge in [-0.1, -0.05) is 23.7 Å². The van der Waals surface area contributed by atoms with Crippen molar-refractivity contribution in [2.75, 3.05) is 56.6 Å². The summed E-state index contributed by atoms with van der Waals surface area (Å²) in [7, 11) is 2.03. The molecule has 1 aromatic carbocycles. The average molecular weight is 393 g/mol. The molecule has 9 nitrogen and oxygen atoms in total. The monoisotopic (exact) mass is 392 g/mol. The number of para-hydroxylation sites is 1. The molecule has 1 aliphatic rings. The number of ether oxygens (including phenoxy) is 1. The quantitative estimate of drug-likeness (QED) is 0.435. The van der Waals surface area contributed by atoms with Gasteiger partial charge in [0.2, 0.25) is 11.6 Å². The maximum Gasteiger partial charge on any atom is 0.353 e. The van der Waals surface area contributed by atoms with Crippen LogP contribution in [-0.2, 0) is 0 Å². The molecule has 0 unspecified atom stereocenters. The molecule has 2 aromatic rings. The minimum absolute atomic E-state index is 0.111. The summed E-state index contributed by atoms with van der Waals surface area (Å²) >= 11 is 6.04. The smallest absolute Gasteiger partial charge is 0.353 e. The van der Waals surface area contributed by atoms with E-state index in [2.05, 4.69) is 20.2 Å². The molecule has 0 saturated carbocycles. The van der Waals surface area contributed by atoms with Crippen LogP contribution in [0.1, 0.15) is 0 Å². The van der Waals surface area contributed by atoms with Crippen molar-refractivity contribution in [2.24, 2.45) is 0 Å². The molecule has 144 valence electrons. The fraction of sp³-hybridized carbons (Fsp3) is 0.412. The zero-order valence-electron chi connectivity index (χ0n) is 15.0. The van der Waals surface area contributed by atoms with Crippen LogP contribution < -0.4 is 15.0 Å². The molecule has 1 aromatic heterocycles. The van der Waals surface area contributed by atoms with Crippen LogP contribution in [0.15, 0.2) is 30.6 Å². The number of likely N-dealkylation sites (N-methyl/N-ethyl adjacent to an activating group) is 1. The molecule has 1 N–H and O–H groups in total. The molecule has 27 heavy (non-hydrogen) atoms. The molecule has 0 aliphatic carbocycles. The Kier molecular flexibility index (Phi) is 6.25. The van der Waals surface area contributed by atoms with Crippen LogP contribution in [-0.4, -0.2) is 66.2 Å². The Hall–Kier alpha value is -2.65. The van der Waals surface area contributed by atoms with E-state index in [9.17, 15) is 10.1 Å². The third-order valence-electron chi connectivity index (χ3n) is 4.28. The first-order valence-electron chi connectivity index (χ1n) is 8.60. The summed E-state index contributed by atoms with van der Waals surface area (Å²) in [4.78, 5) is 23.5. The van der Waals surface area contributed by atoms with E-state index >= 15 is 0 Å². The van der Waals surface area contributed by atoms with Crippen molar-refractivity contribution in [2.45, 2.75) is 0 Å². The summed E-state index contributed by atoms with van der Waals surface area (Å²) in [6, 6.07) is 7.15. The van der Waals surface area contributed by atoms with E-state index in [-0.39, 0.29) is 18.1 Å². The summed E-state index contributed by atoms with van der Waals surface area (Å²) in [6.07, 6.45) is 1.35. The van der Waals surface area contributed by atoms with Crippen molar-refractivity contribution in [1.29, 1.82) is 0 Å². The lowest BCUT2D eigenvalue weighted by Crippen LogP contribution is -2.45. The first-order valence-corrected chi connectivity index (χ1v) is 8.98. The van der Waals surface area contributed by atoms with Gasteiger partial charge >= 0.3 is 5.69 Å². The Morgan fingerprint density at radius 3 is 2.70 bits per heavy atom. The van der Waals surface area contributed by atoms with Crippen molar-refractivity contribution in [3.63, 3.8) is 0 Å². The number of hydrogen-bond acceptors (Lipinski definition) is 8. The van der Waals surface area contributed by atoms with E-state index in [1.54, 1.807) is 12.1 Å². The number of hydrogen-bond donors (Lipinski definition) is 1. The molecule has 1 aliphatic heterocycles. The van der Waals surface area contributed by atoms with Crippen LogP contribution in [0.4, 0.5) is 17.3 Å². The number of nitrogens with zero attached hydrogens (tertiary/aromatic N) is 5.